The average Bonchev–Trinajstić information content (AvgIpc) is 3.06. The average molecular weight is 384 g/mol. The summed E-state index contributed by atoms with van der Waals surface area (Å²) in [6.07, 6.45) is 3.30. The standard InChI is InChI=1S/C21H22ClN3O2/c22-16-6-3-14(4-7-16)15-5-8-18-20(10-15)25(13-24-18)12-17(26)11-19-21(27)2-1-9-23-19/h3-8,10,13,19,21,23,27H,1-2,9,11-12H2. The highest BCUT2D eigenvalue weighted by atomic mass is 35.5. The monoisotopic (exact) mass is 383 g/mol. The molecule has 6 heteroatoms. The van der Waals surface area contributed by atoms with Gasteiger partial charge >= 0.3 is 0 Å². The molecule has 27 heavy (non-hydrogen) atoms. The molecule has 2 N–H and O–H groups in total. The first kappa shape index (κ1) is 18.2. The molecule has 1 aliphatic rings. The fourth-order valence-corrected chi connectivity index (χ4v) is 3.77. The molecule has 0 radical (unpaired) electrons. The lowest BCUT2D eigenvalue weighted by Crippen LogP contribution is -2.46. The minimum Gasteiger partial charge on any atom is -0.391 e. The number of ketones is 1. The summed E-state index contributed by atoms with van der Waals surface area (Å²) >= 11 is 5.97. The number of halogens is 1. The van der Waals surface area contributed by atoms with Crippen molar-refractivity contribution in [3.8, 4) is 11.1 Å². The zero-order chi connectivity index (χ0) is 18.8. The summed E-state index contributed by atoms with van der Waals surface area (Å²) in [5.74, 6) is 0.0876. The number of hydrogen-bond donors (Lipinski definition) is 2. The molecule has 1 aromatic heterocycles. The lowest BCUT2D eigenvalue weighted by molar-refractivity contribution is -0.121. The first-order valence-electron chi connectivity index (χ1n) is 9.24. The van der Waals surface area contributed by atoms with Crippen LogP contribution in [-0.2, 0) is 11.3 Å². The molecule has 0 amide bonds. The van der Waals surface area contributed by atoms with E-state index in [9.17, 15) is 9.90 Å². The Labute approximate surface area is 163 Å². The number of piperidine rings is 1. The van der Waals surface area contributed by atoms with Crippen LogP contribution in [0.5, 0.6) is 0 Å². The number of carbonyl (C=O) groups excluding carboxylic acids is 1. The van der Waals surface area contributed by atoms with Crippen molar-refractivity contribution in [1.82, 2.24) is 14.9 Å². The fraction of sp³-hybridized carbons (Fsp3) is 0.333. The maximum absolute atomic E-state index is 12.5. The zero-order valence-corrected chi connectivity index (χ0v) is 15.7. The van der Waals surface area contributed by atoms with E-state index in [0.717, 1.165) is 41.5 Å². The number of hydrogen-bond acceptors (Lipinski definition) is 4. The Morgan fingerprint density at radius 1 is 1.22 bits per heavy atom. The van der Waals surface area contributed by atoms with Gasteiger partial charge in [0.2, 0.25) is 0 Å². The molecule has 1 saturated heterocycles. The van der Waals surface area contributed by atoms with Crippen molar-refractivity contribution in [2.24, 2.45) is 0 Å². The molecular formula is C21H22ClN3O2. The Morgan fingerprint density at radius 3 is 2.78 bits per heavy atom. The summed E-state index contributed by atoms with van der Waals surface area (Å²) in [4.78, 5) is 17.0. The van der Waals surface area contributed by atoms with Crippen LogP contribution >= 0.6 is 11.6 Å². The van der Waals surface area contributed by atoms with Gasteiger partial charge in [0.25, 0.3) is 0 Å². The minimum absolute atomic E-state index is 0.0876. The number of rotatable bonds is 5. The Morgan fingerprint density at radius 2 is 2.00 bits per heavy atom. The van der Waals surface area contributed by atoms with Gasteiger partial charge in [-0.2, -0.15) is 0 Å². The van der Waals surface area contributed by atoms with Gasteiger partial charge in [0.15, 0.2) is 5.78 Å². The van der Waals surface area contributed by atoms with E-state index in [0.29, 0.717) is 11.4 Å². The third kappa shape index (κ3) is 4.05. The minimum atomic E-state index is -0.446. The zero-order valence-electron chi connectivity index (χ0n) is 14.9. The lowest BCUT2D eigenvalue weighted by Gasteiger charge is -2.28. The number of nitrogens with one attached hydrogen (secondary N) is 1. The van der Waals surface area contributed by atoms with Gasteiger partial charge < -0.3 is 15.0 Å². The quantitative estimate of drug-likeness (QED) is 0.708. The molecular weight excluding hydrogens is 362 g/mol. The Balaban J connectivity index is 1.54. The maximum atomic E-state index is 12.5. The maximum Gasteiger partial charge on any atom is 0.154 e. The summed E-state index contributed by atoms with van der Waals surface area (Å²) in [6, 6.07) is 13.6. The largest absolute Gasteiger partial charge is 0.391 e. The van der Waals surface area contributed by atoms with Gasteiger partial charge in [-0.25, -0.2) is 4.98 Å². The molecule has 2 atom stereocenters. The Hall–Kier alpha value is -2.21. The van der Waals surface area contributed by atoms with Crippen molar-refractivity contribution in [3.63, 3.8) is 0 Å². The SMILES string of the molecule is O=C(CC1NCCCC1O)Cn1cnc2ccc(-c3ccc(Cl)cc3)cc21. The van der Waals surface area contributed by atoms with Crippen LogP contribution < -0.4 is 5.32 Å². The second-order valence-corrected chi connectivity index (χ2v) is 7.53. The van der Waals surface area contributed by atoms with Crippen molar-refractivity contribution in [2.45, 2.75) is 38.0 Å². The molecule has 0 bridgehead atoms. The molecule has 140 valence electrons. The van der Waals surface area contributed by atoms with Gasteiger partial charge in [-0.1, -0.05) is 29.8 Å². The van der Waals surface area contributed by atoms with Crippen LogP contribution in [0.15, 0.2) is 48.8 Å². The van der Waals surface area contributed by atoms with E-state index >= 15 is 0 Å². The number of aliphatic hydroxyl groups is 1. The van der Waals surface area contributed by atoms with E-state index in [1.807, 2.05) is 47.0 Å². The number of Topliss-reactive ketones (excluding diaryl/α,β-unsaturated/α-hetero) is 1. The van der Waals surface area contributed by atoms with Gasteiger partial charge in [-0.15, -0.1) is 0 Å². The van der Waals surface area contributed by atoms with Crippen molar-refractivity contribution < 1.29 is 9.90 Å². The van der Waals surface area contributed by atoms with Crippen LogP contribution in [0.2, 0.25) is 5.02 Å². The summed E-state index contributed by atoms with van der Waals surface area (Å²) in [6.45, 7) is 1.11. The topological polar surface area (TPSA) is 67.2 Å². The van der Waals surface area contributed by atoms with E-state index in [-0.39, 0.29) is 18.4 Å². The number of benzene rings is 2. The van der Waals surface area contributed by atoms with E-state index in [2.05, 4.69) is 10.3 Å². The number of fused-ring (bicyclic) bond motifs is 1. The number of imidazole rings is 1. The van der Waals surface area contributed by atoms with Crippen molar-refractivity contribution in [3.05, 3.63) is 53.8 Å². The summed E-state index contributed by atoms with van der Waals surface area (Å²) in [5, 5.41) is 14.0. The van der Waals surface area contributed by atoms with E-state index < -0.39 is 6.10 Å². The Kier molecular flexibility index (Phi) is 5.25. The highest BCUT2D eigenvalue weighted by molar-refractivity contribution is 6.30. The molecule has 4 rings (SSSR count). The second kappa shape index (κ2) is 7.80. The van der Waals surface area contributed by atoms with Gasteiger partial charge in [-0.05, 0) is 54.8 Å². The molecule has 1 aliphatic heterocycles. The van der Waals surface area contributed by atoms with Crippen molar-refractivity contribution in [1.29, 1.82) is 0 Å². The predicted molar refractivity (Wildman–Crippen MR) is 107 cm³/mol. The van der Waals surface area contributed by atoms with Crippen molar-refractivity contribution in [2.75, 3.05) is 6.54 Å². The van der Waals surface area contributed by atoms with E-state index in [1.54, 1.807) is 6.33 Å². The van der Waals surface area contributed by atoms with Crippen LogP contribution in [0.1, 0.15) is 19.3 Å². The number of aromatic nitrogens is 2. The van der Waals surface area contributed by atoms with Gasteiger partial charge in [0.1, 0.15) is 0 Å². The molecule has 0 spiro atoms. The van der Waals surface area contributed by atoms with Gasteiger partial charge in [-0.3, -0.25) is 4.79 Å². The molecule has 1 fully saturated rings. The predicted octanol–water partition coefficient (Wildman–Crippen LogP) is 3.43. The molecule has 3 aromatic rings. The number of nitrogens with zero attached hydrogens (tertiary/aromatic N) is 2. The molecule has 2 aromatic carbocycles. The number of aliphatic hydroxyl groups excluding tert-OH is 1. The summed E-state index contributed by atoms with van der Waals surface area (Å²) in [7, 11) is 0. The summed E-state index contributed by atoms with van der Waals surface area (Å²) in [5.41, 5.74) is 3.90. The molecule has 2 heterocycles. The second-order valence-electron chi connectivity index (χ2n) is 7.10. The highest BCUT2D eigenvalue weighted by Gasteiger charge is 2.25. The molecule has 0 aliphatic carbocycles. The van der Waals surface area contributed by atoms with Crippen LogP contribution in [0.25, 0.3) is 22.2 Å². The van der Waals surface area contributed by atoms with E-state index in [1.165, 1.54) is 0 Å². The lowest BCUT2D eigenvalue weighted by atomic mass is 9.97. The van der Waals surface area contributed by atoms with Crippen LogP contribution in [0.3, 0.4) is 0 Å². The normalized spacial score (nSPS) is 20.1. The molecule has 0 saturated carbocycles. The fourth-order valence-electron chi connectivity index (χ4n) is 3.65. The van der Waals surface area contributed by atoms with Crippen LogP contribution in [0.4, 0.5) is 0 Å². The van der Waals surface area contributed by atoms with Gasteiger partial charge in [0.05, 0.1) is 30.0 Å². The highest BCUT2D eigenvalue weighted by Crippen LogP contribution is 2.25. The first-order valence-corrected chi connectivity index (χ1v) is 9.62. The van der Waals surface area contributed by atoms with Crippen LogP contribution in [0, 0.1) is 0 Å². The van der Waals surface area contributed by atoms with Crippen LogP contribution in [-0.4, -0.2) is 39.1 Å². The molecule has 5 nitrogen and oxygen atoms in total. The third-order valence-electron chi connectivity index (χ3n) is 5.14. The van der Waals surface area contributed by atoms with Crippen molar-refractivity contribution >= 4 is 28.4 Å². The number of carbonyl (C=O) groups is 1. The molecule has 2 unspecified atom stereocenters. The summed E-state index contributed by atoms with van der Waals surface area (Å²) < 4.78 is 1.88. The van der Waals surface area contributed by atoms with E-state index in [4.69, 9.17) is 11.6 Å². The Bertz CT molecular complexity index is 952. The van der Waals surface area contributed by atoms with Gasteiger partial charge in [0, 0.05) is 17.5 Å². The smallest absolute Gasteiger partial charge is 0.154 e. The first-order chi connectivity index (χ1) is 13.1. The third-order valence-corrected chi connectivity index (χ3v) is 5.39.